The van der Waals surface area contributed by atoms with Crippen molar-refractivity contribution in [2.75, 3.05) is 13.2 Å². The summed E-state index contributed by atoms with van der Waals surface area (Å²) >= 11 is 0. The second kappa shape index (κ2) is 64.6. The highest BCUT2D eigenvalue weighted by Crippen LogP contribution is 2.18. The zero-order valence-corrected chi connectivity index (χ0v) is 50.5. The van der Waals surface area contributed by atoms with E-state index in [-0.39, 0.29) is 18.5 Å². The van der Waals surface area contributed by atoms with E-state index in [1.54, 1.807) is 0 Å². The van der Waals surface area contributed by atoms with Crippen LogP contribution in [0, 0.1) is 0 Å². The van der Waals surface area contributed by atoms with E-state index in [0.29, 0.717) is 25.9 Å². The molecule has 6 nitrogen and oxygen atoms in total. The molecule has 0 rings (SSSR count). The minimum Gasteiger partial charge on any atom is -0.465 e. The van der Waals surface area contributed by atoms with Gasteiger partial charge in [-0.25, -0.2) is 0 Å². The van der Waals surface area contributed by atoms with Gasteiger partial charge in [-0.05, 0) is 70.6 Å². The Labute approximate surface area is 468 Å². The van der Waals surface area contributed by atoms with Gasteiger partial charge in [-0.15, -0.1) is 0 Å². The quantitative estimate of drug-likeness (QED) is 0.0320. The van der Waals surface area contributed by atoms with Crippen LogP contribution in [0.4, 0.5) is 0 Å². The lowest BCUT2D eigenvalue weighted by atomic mass is 10.0. The van der Waals surface area contributed by atoms with Gasteiger partial charge in [0.1, 0.15) is 0 Å². The maximum Gasteiger partial charge on any atom is 0.305 e. The Bertz CT molecular complexity index is 1210. The van der Waals surface area contributed by atoms with Crippen LogP contribution in [-0.4, -0.2) is 47.4 Å². The normalized spacial score (nSPS) is 12.7. The summed E-state index contributed by atoms with van der Waals surface area (Å²) in [6.45, 7) is 4.87. The van der Waals surface area contributed by atoms with Crippen LogP contribution >= 0.6 is 0 Å². The number of hydrogen-bond donors (Lipinski definition) is 3. The summed E-state index contributed by atoms with van der Waals surface area (Å²) in [6, 6.07) is -0.547. The largest absolute Gasteiger partial charge is 0.465 e. The molecule has 6 heteroatoms. The maximum atomic E-state index is 12.5. The number of nitrogens with one attached hydrogen (secondary N) is 1. The Balaban J connectivity index is 3.44. The predicted octanol–water partition coefficient (Wildman–Crippen LogP) is 21.5. The molecule has 0 saturated heterocycles. The van der Waals surface area contributed by atoms with Crippen molar-refractivity contribution in [3.8, 4) is 0 Å². The van der Waals surface area contributed by atoms with E-state index in [2.05, 4.69) is 55.6 Å². The maximum absolute atomic E-state index is 12.5. The van der Waals surface area contributed by atoms with Crippen LogP contribution in [0.2, 0.25) is 0 Å². The standard InChI is InChI=1S/C69H131NO5/c1-3-5-7-9-11-13-15-17-19-21-26-29-33-37-41-45-49-53-57-61-67(72)66(65-71)70-68(73)62-58-54-50-46-42-38-34-30-27-24-23-25-28-32-36-40-44-48-52-56-60-64-75-69(74)63-59-55-51-47-43-39-35-31-22-20-18-16-14-12-10-8-6-4-2/h20,22,40,44,52,56,66-67,71-72H,3-19,21,23-39,41-43,45-51,53-55,57-65H2,1-2H3,(H,70,73)/b22-20-,44-40-,56-52-. The number of allylic oxidation sites excluding steroid dienone is 5. The second-order valence-corrected chi connectivity index (χ2v) is 23.1. The minimum atomic E-state index is -0.669. The Morgan fingerprint density at radius 2 is 0.667 bits per heavy atom. The van der Waals surface area contributed by atoms with Crippen LogP contribution in [0.5, 0.6) is 0 Å². The molecule has 442 valence electrons. The first-order chi connectivity index (χ1) is 37.0. The van der Waals surface area contributed by atoms with Crippen LogP contribution in [-0.2, 0) is 14.3 Å². The van der Waals surface area contributed by atoms with Gasteiger partial charge >= 0.3 is 5.97 Å². The molecule has 0 aliphatic heterocycles. The molecule has 2 unspecified atom stereocenters. The van der Waals surface area contributed by atoms with Crippen molar-refractivity contribution in [2.45, 2.75) is 379 Å². The van der Waals surface area contributed by atoms with Crippen LogP contribution in [0.15, 0.2) is 36.5 Å². The van der Waals surface area contributed by atoms with Crippen molar-refractivity contribution in [1.29, 1.82) is 0 Å². The van der Waals surface area contributed by atoms with E-state index >= 15 is 0 Å². The van der Waals surface area contributed by atoms with Gasteiger partial charge in [0, 0.05) is 12.8 Å². The average molecular weight is 1050 g/mol. The fourth-order valence-corrected chi connectivity index (χ4v) is 10.5. The Morgan fingerprint density at radius 1 is 0.373 bits per heavy atom. The molecule has 0 aliphatic rings. The average Bonchev–Trinajstić information content (AvgIpc) is 3.41. The zero-order chi connectivity index (χ0) is 54.3. The van der Waals surface area contributed by atoms with Crippen molar-refractivity contribution in [2.24, 2.45) is 0 Å². The molecule has 3 N–H and O–H groups in total. The van der Waals surface area contributed by atoms with Crippen molar-refractivity contribution < 1.29 is 24.5 Å². The van der Waals surface area contributed by atoms with Crippen LogP contribution < -0.4 is 5.32 Å². The first kappa shape index (κ1) is 73.1. The first-order valence-electron chi connectivity index (χ1n) is 33.7. The number of carbonyl (C=O) groups excluding carboxylic acids is 2. The summed E-state index contributed by atoms with van der Waals surface area (Å²) < 4.78 is 5.43. The van der Waals surface area contributed by atoms with Crippen LogP contribution in [0.25, 0.3) is 0 Å². The predicted molar refractivity (Wildman–Crippen MR) is 329 cm³/mol. The third kappa shape index (κ3) is 61.2. The summed E-state index contributed by atoms with van der Waals surface area (Å²) in [7, 11) is 0. The molecule has 0 heterocycles. The molecule has 75 heavy (non-hydrogen) atoms. The molecule has 0 radical (unpaired) electrons. The molecule has 0 bridgehead atoms. The fraction of sp³-hybridized carbons (Fsp3) is 0.884. The summed E-state index contributed by atoms with van der Waals surface area (Å²) in [5, 5.41) is 23.4. The van der Waals surface area contributed by atoms with E-state index in [1.807, 2.05) is 0 Å². The number of ether oxygens (including phenoxy) is 1. The monoisotopic (exact) mass is 1050 g/mol. The fourth-order valence-electron chi connectivity index (χ4n) is 10.5. The third-order valence-corrected chi connectivity index (χ3v) is 15.7. The molecule has 0 spiro atoms. The topological polar surface area (TPSA) is 95.9 Å². The molecule has 1 amide bonds. The number of rotatable bonds is 63. The van der Waals surface area contributed by atoms with Gasteiger partial charge in [-0.1, -0.05) is 320 Å². The number of unbranched alkanes of at least 4 members (excludes halogenated alkanes) is 46. The van der Waals surface area contributed by atoms with Gasteiger partial charge in [-0.3, -0.25) is 9.59 Å². The lowest BCUT2D eigenvalue weighted by Crippen LogP contribution is -2.45. The van der Waals surface area contributed by atoms with E-state index in [4.69, 9.17) is 4.74 Å². The van der Waals surface area contributed by atoms with Gasteiger partial charge < -0.3 is 20.3 Å². The second-order valence-electron chi connectivity index (χ2n) is 23.1. The van der Waals surface area contributed by atoms with E-state index in [9.17, 15) is 19.8 Å². The number of amides is 1. The molecule has 0 aliphatic carbocycles. The van der Waals surface area contributed by atoms with Gasteiger partial charge in [0.05, 0.1) is 25.4 Å². The highest BCUT2D eigenvalue weighted by molar-refractivity contribution is 5.76. The Hall–Kier alpha value is -1.92. The minimum absolute atomic E-state index is 0.0368. The van der Waals surface area contributed by atoms with Crippen LogP contribution in [0.1, 0.15) is 367 Å². The van der Waals surface area contributed by atoms with Gasteiger partial charge in [0.2, 0.25) is 5.91 Å². The number of carbonyl (C=O) groups is 2. The molecule has 2 atom stereocenters. The van der Waals surface area contributed by atoms with E-state index in [0.717, 1.165) is 51.4 Å². The molecule has 0 saturated carbocycles. The molecule has 0 aromatic carbocycles. The number of esters is 1. The van der Waals surface area contributed by atoms with Gasteiger partial charge in [0.15, 0.2) is 0 Å². The Kier molecular flexibility index (Phi) is 63.0. The lowest BCUT2D eigenvalue weighted by Gasteiger charge is -2.22. The Morgan fingerprint density at radius 3 is 1.03 bits per heavy atom. The molecule has 0 aromatic heterocycles. The summed E-state index contributed by atoms with van der Waals surface area (Å²) in [4.78, 5) is 24.6. The third-order valence-electron chi connectivity index (χ3n) is 15.7. The van der Waals surface area contributed by atoms with E-state index in [1.165, 1.54) is 283 Å². The molecular weight excluding hydrogens is 923 g/mol. The molecule has 0 fully saturated rings. The van der Waals surface area contributed by atoms with Crippen molar-refractivity contribution in [3.63, 3.8) is 0 Å². The number of aliphatic hydroxyl groups excluding tert-OH is 2. The molecule has 0 aromatic rings. The van der Waals surface area contributed by atoms with Gasteiger partial charge in [0.25, 0.3) is 0 Å². The zero-order valence-electron chi connectivity index (χ0n) is 50.5. The first-order valence-corrected chi connectivity index (χ1v) is 33.7. The SMILES string of the molecule is CCCCCCCCC/C=C\CCCCCCCCCC(=O)OCC/C=C\C/C=C\CCCCCCCCCCCCCCCCC(=O)NC(CO)C(O)CCCCCCCCCCCCCCCCCCCCC. The number of aliphatic hydroxyl groups is 2. The van der Waals surface area contributed by atoms with Crippen LogP contribution in [0.3, 0.4) is 0 Å². The number of hydrogen-bond acceptors (Lipinski definition) is 5. The summed E-state index contributed by atoms with van der Waals surface area (Å²) in [6.07, 6.45) is 81.8. The molecular formula is C69H131NO5. The van der Waals surface area contributed by atoms with Gasteiger partial charge in [-0.2, -0.15) is 0 Å². The highest BCUT2D eigenvalue weighted by atomic mass is 16.5. The van der Waals surface area contributed by atoms with Crippen molar-refractivity contribution >= 4 is 11.9 Å². The summed E-state index contributed by atoms with van der Waals surface area (Å²) in [5.74, 6) is -0.0743. The smallest absolute Gasteiger partial charge is 0.305 e. The van der Waals surface area contributed by atoms with Crippen molar-refractivity contribution in [3.05, 3.63) is 36.5 Å². The van der Waals surface area contributed by atoms with E-state index < -0.39 is 12.1 Å². The highest BCUT2D eigenvalue weighted by Gasteiger charge is 2.20. The lowest BCUT2D eigenvalue weighted by molar-refractivity contribution is -0.143. The van der Waals surface area contributed by atoms with Crippen molar-refractivity contribution in [1.82, 2.24) is 5.32 Å². The summed E-state index contributed by atoms with van der Waals surface area (Å²) in [5.41, 5.74) is 0.